The van der Waals surface area contributed by atoms with Crippen molar-refractivity contribution in [3.63, 3.8) is 0 Å². The molecule has 0 spiro atoms. The molecule has 160 valence electrons. The van der Waals surface area contributed by atoms with Crippen molar-refractivity contribution in [2.24, 2.45) is 7.05 Å². The van der Waals surface area contributed by atoms with Gasteiger partial charge in [-0.2, -0.15) is 9.61 Å². The number of carbonyl (C=O) groups excluding carboxylic acids is 1. The standard InChI is InChI=1S/C23H24N4O3S/c1-15-17(10-11-21(28)24-14-16-7-6-12-31-16)23(29)27-22(26(15)2)13-19(25-27)18-8-4-5-9-20(18)30-3/h4-9,12-13H,10-11,14H2,1-3H3,(H,24,28). The summed E-state index contributed by atoms with van der Waals surface area (Å²) in [5.41, 5.74) is 3.40. The third-order valence-corrected chi connectivity index (χ3v) is 6.33. The number of rotatable bonds is 7. The van der Waals surface area contributed by atoms with E-state index in [9.17, 15) is 9.59 Å². The molecule has 0 aliphatic rings. The third kappa shape index (κ3) is 4.11. The zero-order chi connectivity index (χ0) is 22.0. The largest absolute Gasteiger partial charge is 0.496 e. The third-order valence-electron chi connectivity index (χ3n) is 5.45. The number of nitrogens with one attached hydrogen (secondary N) is 1. The Balaban J connectivity index is 1.61. The predicted molar refractivity (Wildman–Crippen MR) is 122 cm³/mol. The van der Waals surface area contributed by atoms with E-state index in [4.69, 9.17) is 4.74 Å². The normalized spacial score (nSPS) is 11.1. The van der Waals surface area contributed by atoms with E-state index in [-0.39, 0.29) is 17.9 Å². The van der Waals surface area contributed by atoms with Crippen LogP contribution in [0.25, 0.3) is 16.9 Å². The van der Waals surface area contributed by atoms with Crippen LogP contribution in [-0.2, 0) is 24.8 Å². The number of thiophene rings is 1. The van der Waals surface area contributed by atoms with Gasteiger partial charge in [0, 0.05) is 41.2 Å². The lowest BCUT2D eigenvalue weighted by molar-refractivity contribution is -0.121. The number of ether oxygens (including phenoxy) is 1. The molecular weight excluding hydrogens is 412 g/mol. The number of aromatic nitrogens is 3. The summed E-state index contributed by atoms with van der Waals surface area (Å²) in [5, 5.41) is 9.44. The number of aryl methyl sites for hydroxylation is 1. The van der Waals surface area contributed by atoms with Crippen LogP contribution in [-0.4, -0.2) is 27.2 Å². The van der Waals surface area contributed by atoms with Crippen molar-refractivity contribution in [2.75, 3.05) is 7.11 Å². The highest BCUT2D eigenvalue weighted by atomic mass is 32.1. The van der Waals surface area contributed by atoms with E-state index in [1.807, 2.05) is 66.4 Å². The molecule has 0 saturated carbocycles. The van der Waals surface area contributed by atoms with Crippen LogP contribution >= 0.6 is 11.3 Å². The van der Waals surface area contributed by atoms with Crippen LogP contribution in [0.4, 0.5) is 0 Å². The van der Waals surface area contributed by atoms with E-state index in [0.29, 0.717) is 35.6 Å². The summed E-state index contributed by atoms with van der Waals surface area (Å²) in [7, 11) is 3.51. The van der Waals surface area contributed by atoms with Crippen molar-refractivity contribution < 1.29 is 9.53 Å². The van der Waals surface area contributed by atoms with Gasteiger partial charge in [-0.05, 0) is 36.9 Å². The molecule has 3 aromatic heterocycles. The van der Waals surface area contributed by atoms with Gasteiger partial charge in [-0.3, -0.25) is 9.59 Å². The van der Waals surface area contributed by atoms with E-state index in [0.717, 1.165) is 16.1 Å². The number of hydrogen-bond donors (Lipinski definition) is 1. The Labute approximate surface area is 183 Å². The Kier molecular flexibility index (Phi) is 5.90. The topological polar surface area (TPSA) is 77.6 Å². The summed E-state index contributed by atoms with van der Waals surface area (Å²) in [5.74, 6) is 0.616. The lowest BCUT2D eigenvalue weighted by atomic mass is 10.1. The number of hydrogen-bond acceptors (Lipinski definition) is 5. The molecule has 0 aliphatic carbocycles. The first-order chi connectivity index (χ1) is 15.0. The van der Waals surface area contributed by atoms with Gasteiger partial charge in [-0.25, -0.2) is 0 Å². The quantitative estimate of drug-likeness (QED) is 0.482. The second-order valence-corrected chi connectivity index (χ2v) is 8.32. The monoisotopic (exact) mass is 436 g/mol. The smallest absolute Gasteiger partial charge is 0.277 e. The number of amides is 1. The van der Waals surface area contributed by atoms with Crippen LogP contribution in [0.5, 0.6) is 5.75 Å². The minimum absolute atomic E-state index is 0.0786. The van der Waals surface area contributed by atoms with Crippen LogP contribution in [0.15, 0.2) is 52.6 Å². The van der Waals surface area contributed by atoms with Gasteiger partial charge in [0.05, 0.1) is 19.3 Å². The van der Waals surface area contributed by atoms with Crippen molar-refractivity contribution >= 4 is 22.9 Å². The zero-order valence-electron chi connectivity index (χ0n) is 17.7. The Morgan fingerprint density at radius 2 is 2.03 bits per heavy atom. The van der Waals surface area contributed by atoms with Crippen LogP contribution in [0.2, 0.25) is 0 Å². The van der Waals surface area contributed by atoms with E-state index < -0.39 is 0 Å². The molecule has 4 aromatic rings. The molecule has 0 saturated heterocycles. The van der Waals surface area contributed by atoms with Gasteiger partial charge in [-0.15, -0.1) is 11.3 Å². The van der Waals surface area contributed by atoms with Crippen molar-refractivity contribution in [1.82, 2.24) is 19.5 Å². The zero-order valence-corrected chi connectivity index (χ0v) is 18.5. The second-order valence-electron chi connectivity index (χ2n) is 7.28. The summed E-state index contributed by atoms with van der Waals surface area (Å²) < 4.78 is 8.79. The molecule has 31 heavy (non-hydrogen) atoms. The van der Waals surface area contributed by atoms with Gasteiger partial charge in [0.2, 0.25) is 5.91 Å². The average molecular weight is 437 g/mol. The highest BCUT2D eigenvalue weighted by Gasteiger charge is 2.18. The SMILES string of the molecule is COc1ccccc1-c1cc2n(C)c(C)c(CCC(=O)NCc3cccs3)c(=O)n2n1. The fraction of sp³-hybridized carbons (Fsp3) is 0.261. The van der Waals surface area contributed by atoms with Crippen molar-refractivity contribution in [3.05, 3.63) is 74.3 Å². The molecule has 1 amide bonds. The number of para-hydroxylation sites is 1. The van der Waals surface area contributed by atoms with Crippen molar-refractivity contribution in [1.29, 1.82) is 0 Å². The van der Waals surface area contributed by atoms with Gasteiger partial charge in [0.25, 0.3) is 5.56 Å². The minimum atomic E-state index is -0.196. The fourth-order valence-electron chi connectivity index (χ4n) is 3.62. The molecule has 8 heteroatoms. The molecule has 0 unspecified atom stereocenters. The van der Waals surface area contributed by atoms with E-state index in [2.05, 4.69) is 10.4 Å². The summed E-state index contributed by atoms with van der Waals surface area (Å²) in [4.78, 5) is 26.6. The first kappa shape index (κ1) is 20.9. The Bertz CT molecular complexity index is 1290. The summed E-state index contributed by atoms with van der Waals surface area (Å²) in [6, 6.07) is 13.4. The number of benzene rings is 1. The maximum absolute atomic E-state index is 13.2. The van der Waals surface area contributed by atoms with Gasteiger partial charge < -0.3 is 14.6 Å². The maximum Gasteiger partial charge on any atom is 0.277 e. The Hall–Kier alpha value is -3.39. The number of carbonyl (C=O) groups is 1. The minimum Gasteiger partial charge on any atom is -0.496 e. The van der Waals surface area contributed by atoms with Crippen LogP contribution in [0.1, 0.15) is 22.6 Å². The van der Waals surface area contributed by atoms with Crippen LogP contribution in [0.3, 0.4) is 0 Å². The maximum atomic E-state index is 13.2. The summed E-state index contributed by atoms with van der Waals surface area (Å²) in [6.07, 6.45) is 0.599. The lowest BCUT2D eigenvalue weighted by Crippen LogP contribution is -2.27. The van der Waals surface area contributed by atoms with E-state index in [1.54, 1.807) is 18.4 Å². The Morgan fingerprint density at radius 3 is 2.77 bits per heavy atom. The molecule has 0 bridgehead atoms. The van der Waals surface area contributed by atoms with Crippen LogP contribution in [0, 0.1) is 6.92 Å². The molecule has 0 aliphatic heterocycles. The average Bonchev–Trinajstić information content (AvgIpc) is 3.46. The number of methoxy groups -OCH3 is 1. The molecule has 1 N–H and O–H groups in total. The lowest BCUT2D eigenvalue weighted by Gasteiger charge is -2.12. The first-order valence-corrected chi connectivity index (χ1v) is 10.9. The van der Waals surface area contributed by atoms with Crippen molar-refractivity contribution in [2.45, 2.75) is 26.3 Å². The van der Waals surface area contributed by atoms with Crippen molar-refractivity contribution in [3.8, 4) is 17.0 Å². The van der Waals surface area contributed by atoms with Gasteiger partial charge in [0.15, 0.2) is 0 Å². The molecule has 0 atom stereocenters. The van der Waals surface area contributed by atoms with Gasteiger partial charge in [-0.1, -0.05) is 18.2 Å². The molecule has 0 fully saturated rings. The first-order valence-electron chi connectivity index (χ1n) is 10.00. The van der Waals surface area contributed by atoms with E-state index in [1.165, 1.54) is 4.52 Å². The fourth-order valence-corrected chi connectivity index (χ4v) is 4.26. The summed E-state index contributed by atoms with van der Waals surface area (Å²) >= 11 is 1.60. The second kappa shape index (κ2) is 8.77. The van der Waals surface area contributed by atoms with Gasteiger partial charge >= 0.3 is 0 Å². The molecule has 0 radical (unpaired) electrons. The highest BCUT2D eigenvalue weighted by molar-refractivity contribution is 7.09. The van der Waals surface area contributed by atoms with Crippen LogP contribution < -0.4 is 15.6 Å². The molecule has 4 rings (SSSR count). The molecular formula is C23H24N4O3S. The number of fused-ring (bicyclic) bond motifs is 1. The number of nitrogens with zero attached hydrogens (tertiary/aromatic N) is 3. The Morgan fingerprint density at radius 1 is 1.23 bits per heavy atom. The van der Waals surface area contributed by atoms with Gasteiger partial charge in [0.1, 0.15) is 11.4 Å². The van der Waals surface area contributed by atoms with E-state index >= 15 is 0 Å². The predicted octanol–water partition coefficient (Wildman–Crippen LogP) is 3.33. The molecule has 1 aromatic carbocycles. The highest BCUT2D eigenvalue weighted by Crippen LogP contribution is 2.29. The molecule has 3 heterocycles. The molecule has 7 nitrogen and oxygen atoms in total. The summed E-state index contributed by atoms with van der Waals surface area (Å²) in [6.45, 7) is 2.41.